The monoisotopic (exact) mass is 332 g/mol. The molecule has 24 heavy (non-hydrogen) atoms. The van der Waals surface area contributed by atoms with Gasteiger partial charge in [0.15, 0.2) is 0 Å². The minimum atomic E-state index is 0.0278. The van der Waals surface area contributed by atoms with Crippen molar-refractivity contribution in [3.8, 4) is 5.75 Å². The van der Waals surface area contributed by atoms with Gasteiger partial charge in [-0.2, -0.15) is 0 Å². The Morgan fingerprint density at radius 3 is 2.42 bits per heavy atom. The quantitative estimate of drug-likeness (QED) is 0.852. The summed E-state index contributed by atoms with van der Waals surface area (Å²) in [7, 11) is 0. The molecule has 0 aliphatic carbocycles. The lowest BCUT2D eigenvalue weighted by Crippen LogP contribution is -2.37. The summed E-state index contributed by atoms with van der Waals surface area (Å²) in [6.07, 6.45) is 1.45. The highest BCUT2D eigenvalue weighted by atomic mass is 16.5. The van der Waals surface area contributed by atoms with Gasteiger partial charge in [-0.15, -0.1) is 0 Å². The Morgan fingerprint density at radius 2 is 1.79 bits per heavy atom. The number of aryl methyl sites for hydroxylation is 1. The van der Waals surface area contributed by atoms with Crippen molar-refractivity contribution in [2.24, 2.45) is 0 Å². The van der Waals surface area contributed by atoms with Crippen molar-refractivity contribution in [2.75, 3.05) is 26.2 Å². The van der Waals surface area contributed by atoms with E-state index in [2.05, 4.69) is 0 Å². The van der Waals surface area contributed by atoms with Crippen LogP contribution < -0.4 is 4.74 Å². The van der Waals surface area contributed by atoms with Crippen LogP contribution in [0, 0.1) is 6.92 Å². The van der Waals surface area contributed by atoms with E-state index < -0.39 is 0 Å². The number of hydrogen-bond donors (Lipinski definition) is 0. The minimum absolute atomic E-state index is 0.0278. The van der Waals surface area contributed by atoms with Crippen LogP contribution in [0.4, 0.5) is 0 Å². The van der Waals surface area contributed by atoms with Crippen molar-refractivity contribution in [3.63, 3.8) is 0 Å². The lowest BCUT2D eigenvalue weighted by Gasteiger charge is -2.22. The molecule has 0 radical (unpaired) electrons. The molecule has 1 aliphatic heterocycles. The van der Waals surface area contributed by atoms with Gasteiger partial charge in [0.1, 0.15) is 5.75 Å². The molecular weight excluding hydrogens is 304 g/mol. The number of carbonyl (C=O) groups excluding carboxylic acids is 2. The van der Waals surface area contributed by atoms with Crippen LogP contribution in [0.15, 0.2) is 18.2 Å². The van der Waals surface area contributed by atoms with Crippen molar-refractivity contribution in [2.45, 2.75) is 46.6 Å². The Labute approximate surface area is 144 Å². The molecule has 0 unspecified atom stereocenters. The fourth-order valence-corrected chi connectivity index (χ4v) is 2.94. The van der Waals surface area contributed by atoms with Crippen LogP contribution in [0.1, 0.15) is 49.5 Å². The number of hydrogen-bond acceptors (Lipinski definition) is 3. The zero-order chi connectivity index (χ0) is 17.7. The first-order chi connectivity index (χ1) is 11.4. The predicted molar refractivity (Wildman–Crippen MR) is 94.3 cm³/mol. The second-order valence-electron chi connectivity index (χ2n) is 6.53. The van der Waals surface area contributed by atoms with Gasteiger partial charge in [0, 0.05) is 38.2 Å². The zero-order valence-corrected chi connectivity index (χ0v) is 15.2. The lowest BCUT2D eigenvalue weighted by molar-refractivity contribution is -0.130. The van der Waals surface area contributed by atoms with E-state index >= 15 is 0 Å². The van der Waals surface area contributed by atoms with Crippen molar-refractivity contribution in [3.05, 3.63) is 29.3 Å². The summed E-state index contributed by atoms with van der Waals surface area (Å²) >= 11 is 0. The summed E-state index contributed by atoms with van der Waals surface area (Å²) in [4.78, 5) is 28.3. The predicted octanol–water partition coefficient (Wildman–Crippen LogP) is 2.87. The van der Waals surface area contributed by atoms with Gasteiger partial charge in [-0.05, 0) is 51.0 Å². The van der Waals surface area contributed by atoms with E-state index in [0.29, 0.717) is 31.6 Å². The number of ether oxygens (including phenoxy) is 1. The smallest absolute Gasteiger partial charge is 0.253 e. The molecule has 0 atom stereocenters. The molecule has 1 saturated heterocycles. The van der Waals surface area contributed by atoms with Crippen molar-refractivity contribution < 1.29 is 14.3 Å². The third-order valence-electron chi connectivity index (χ3n) is 4.22. The van der Waals surface area contributed by atoms with Gasteiger partial charge >= 0.3 is 0 Å². The van der Waals surface area contributed by atoms with Crippen LogP contribution in [0.2, 0.25) is 0 Å². The van der Waals surface area contributed by atoms with Gasteiger partial charge in [-0.25, -0.2) is 0 Å². The average Bonchev–Trinajstić information content (AvgIpc) is 2.81. The molecule has 0 spiro atoms. The van der Waals surface area contributed by atoms with E-state index in [1.165, 1.54) is 0 Å². The summed E-state index contributed by atoms with van der Waals surface area (Å²) in [5.74, 6) is 1.01. The standard InChI is InChI=1S/C19H28N2O3/c1-5-18(22)20-9-6-10-21(12-11-20)19(23)16-7-8-17(15(4)13-16)24-14(2)3/h7-8,13-14H,5-6,9-12H2,1-4H3. The Morgan fingerprint density at radius 1 is 1.12 bits per heavy atom. The van der Waals surface area contributed by atoms with Gasteiger partial charge in [-0.1, -0.05) is 6.92 Å². The molecule has 1 aromatic rings. The van der Waals surface area contributed by atoms with Gasteiger partial charge in [0.25, 0.3) is 5.91 Å². The maximum Gasteiger partial charge on any atom is 0.253 e. The maximum absolute atomic E-state index is 12.8. The third kappa shape index (κ3) is 4.49. The first-order valence-corrected chi connectivity index (χ1v) is 8.76. The largest absolute Gasteiger partial charge is 0.491 e. The summed E-state index contributed by atoms with van der Waals surface area (Å²) in [6, 6.07) is 5.58. The van der Waals surface area contributed by atoms with E-state index in [0.717, 1.165) is 24.3 Å². The fraction of sp³-hybridized carbons (Fsp3) is 0.579. The molecule has 1 heterocycles. The summed E-state index contributed by atoms with van der Waals surface area (Å²) in [6.45, 7) is 10.4. The summed E-state index contributed by atoms with van der Waals surface area (Å²) in [5.41, 5.74) is 1.64. The molecule has 2 amide bonds. The van der Waals surface area contributed by atoms with E-state index in [9.17, 15) is 9.59 Å². The molecule has 1 aromatic carbocycles. The Hall–Kier alpha value is -2.04. The number of rotatable bonds is 4. The van der Waals surface area contributed by atoms with E-state index in [4.69, 9.17) is 4.74 Å². The summed E-state index contributed by atoms with van der Waals surface area (Å²) < 4.78 is 5.73. The Bertz CT molecular complexity index is 598. The Balaban J connectivity index is 2.06. The van der Waals surface area contributed by atoms with E-state index in [-0.39, 0.29) is 17.9 Å². The summed E-state index contributed by atoms with van der Waals surface area (Å²) in [5, 5.41) is 0. The topological polar surface area (TPSA) is 49.9 Å². The third-order valence-corrected chi connectivity index (χ3v) is 4.22. The van der Waals surface area contributed by atoms with Gasteiger partial charge in [0.2, 0.25) is 5.91 Å². The number of amides is 2. The second kappa shape index (κ2) is 8.18. The van der Waals surface area contributed by atoms with Gasteiger partial charge in [-0.3, -0.25) is 9.59 Å². The van der Waals surface area contributed by atoms with Crippen molar-refractivity contribution in [1.29, 1.82) is 0 Å². The maximum atomic E-state index is 12.8. The van der Waals surface area contributed by atoms with Gasteiger partial charge in [0.05, 0.1) is 6.10 Å². The fourth-order valence-electron chi connectivity index (χ4n) is 2.94. The molecular formula is C19H28N2O3. The second-order valence-corrected chi connectivity index (χ2v) is 6.53. The van der Waals surface area contributed by atoms with Gasteiger partial charge < -0.3 is 14.5 Å². The van der Waals surface area contributed by atoms with Crippen LogP contribution in [0.3, 0.4) is 0 Å². The zero-order valence-electron chi connectivity index (χ0n) is 15.2. The van der Waals surface area contributed by atoms with Crippen molar-refractivity contribution >= 4 is 11.8 Å². The average molecular weight is 332 g/mol. The van der Waals surface area contributed by atoms with E-state index in [1.807, 2.05) is 55.7 Å². The molecule has 1 aliphatic rings. The molecule has 132 valence electrons. The van der Waals surface area contributed by atoms with Crippen LogP contribution >= 0.6 is 0 Å². The molecule has 0 saturated carbocycles. The highest BCUT2D eigenvalue weighted by Crippen LogP contribution is 2.21. The molecule has 5 heteroatoms. The first-order valence-electron chi connectivity index (χ1n) is 8.76. The normalized spacial score (nSPS) is 15.4. The van der Waals surface area contributed by atoms with Crippen molar-refractivity contribution in [1.82, 2.24) is 9.80 Å². The lowest BCUT2D eigenvalue weighted by atomic mass is 10.1. The minimum Gasteiger partial charge on any atom is -0.491 e. The highest BCUT2D eigenvalue weighted by molar-refractivity contribution is 5.94. The Kier molecular flexibility index (Phi) is 6.23. The molecule has 5 nitrogen and oxygen atoms in total. The van der Waals surface area contributed by atoms with E-state index in [1.54, 1.807) is 0 Å². The number of nitrogens with zero attached hydrogens (tertiary/aromatic N) is 2. The van der Waals surface area contributed by atoms with Crippen LogP contribution in [0.25, 0.3) is 0 Å². The molecule has 2 rings (SSSR count). The first kappa shape index (κ1) is 18.3. The highest BCUT2D eigenvalue weighted by Gasteiger charge is 2.22. The molecule has 0 N–H and O–H groups in total. The number of carbonyl (C=O) groups is 2. The SMILES string of the molecule is CCC(=O)N1CCCN(C(=O)c2ccc(OC(C)C)c(C)c2)CC1. The van der Waals surface area contributed by atoms with Crippen LogP contribution in [-0.4, -0.2) is 53.9 Å². The molecule has 0 aromatic heterocycles. The molecule has 1 fully saturated rings. The van der Waals surface area contributed by atoms with Crippen LogP contribution in [0.5, 0.6) is 5.75 Å². The number of benzene rings is 1. The van der Waals surface area contributed by atoms with Crippen LogP contribution in [-0.2, 0) is 4.79 Å². The molecule has 0 bridgehead atoms.